The molecule has 0 aliphatic rings. The van der Waals surface area contributed by atoms with Crippen LogP contribution in [0.4, 0.5) is 0 Å². The summed E-state index contributed by atoms with van der Waals surface area (Å²) in [7, 11) is 1.68. The van der Waals surface area contributed by atoms with E-state index in [0.717, 1.165) is 0 Å². The molecule has 0 bridgehead atoms. The number of aliphatic carboxylic acids is 1. The lowest BCUT2D eigenvalue weighted by Crippen LogP contribution is -2.34. The predicted molar refractivity (Wildman–Crippen MR) is 67.5 cm³/mol. The number of benzene rings is 1. The van der Waals surface area contributed by atoms with Gasteiger partial charge in [0.25, 0.3) is 5.91 Å². The summed E-state index contributed by atoms with van der Waals surface area (Å²) in [6.07, 6.45) is 1.62. The van der Waals surface area contributed by atoms with Crippen molar-refractivity contribution in [1.29, 1.82) is 0 Å². The monoisotopic (exact) mass is 259 g/mol. The van der Waals surface area contributed by atoms with E-state index in [1.165, 1.54) is 10.7 Å². The fourth-order valence-electron chi connectivity index (χ4n) is 1.67. The van der Waals surface area contributed by atoms with Gasteiger partial charge in [-0.2, -0.15) is 5.10 Å². The summed E-state index contributed by atoms with van der Waals surface area (Å²) >= 11 is 0. The number of rotatable bonds is 4. The van der Waals surface area contributed by atoms with Crippen molar-refractivity contribution in [3.05, 3.63) is 53.9 Å². The standard InChI is InChI=1S/C13H13N3O3/c1-16-8-7-10(15-16)12(17)14-11(13(18)19)9-5-3-2-4-6-9/h2-8,11H,1H3,(H,14,17)(H,18,19)/t11-/m1/s1. The highest BCUT2D eigenvalue weighted by Gasteiger charge is 2.23. The zero-order chi connectivity index (χ0) is 13.8. The van der Waals surface area contributed by atoms with E-state index in [9.17, 15) is 14.7 Å². The topological polar surface area (TPSA) is 84.2 Å². The maximum atomic E-state index is 11.9. The molecule has 0 spiro atoms. The molecule has 0 aliphatic heterocycles. The largest absolute Gasteiger partial charge is 0.479 e. The van der Waals surface area contributed by atoms with E-state index in [1.54, 1.807) is 43.6 Å². The Kier molecular flexibility index (Phi) is 3.61. The molecule has 0 radical (unpaired) electrons. The van der Waals surface area contributed by atoms with Crippen molar-refractivity contribution in [2.45, 2.75) is 6.04 Å². The van der Waals surface area contributed by atoms with Crippen LogP contribution in [-0.4, -0.2) is 26.8 Å². The van der Waals surface area contributed by atoms with Crippen LogP contribution in [0.3, 0.4) is 0 Å². The van der Waals surface area contributed by atoms with Gasteiger partial charge in [0.15, 0.2) is 6.04 Å². The van der Waals surface area contributed by atoms with Crippen molar-refractivity contribution in [3.63, 3.8) is 0 Å². The van der Waals surface area contributed by atoms with Gasteiger partial charge in [-0.25, -0.2) is 4.79 Å². The molecule has 19 heavy (non-hydrogen) atoms. The van der Waals surface area contributed by atoms with Gasteiger partial charge in [0.05, 0.1) is 0 Å². The minimum absolute atomic E-state index is 0.185. The second-order valence-electron chi connectivity index (χ2n) is 4.03. The van der Waals surface area contributed by atoms with Crippen molar-refractivity contribution in [2.75, 3.05) is 0 Å². The van der Waals surface area contributed by atoms with E-state index in [1.807, 2.05) is 0 Å². The van der Waals surface area contributed by atoms with Crippen molar-refractivity contribution < 1.29 is 14.7 Å². The molecular formula is C13H13N3O3. The summed E-state index contributed by atoms with van der Waals surface area (Å²) in [6, 6.07) is 8.96. The molecule has 1 atom stereocenters. The van der Waals surface area contributed by atoms with Crippen LogP contribution in [0.25, 0.3) is 0 Å². The number of carboxylic acids is 1. The number of aryl methyl sites for hydroxylation is 1. The normalized spacial score (nSPS) is 11.8. The first-order valence-electron chi connectivity index (χ1n) is 5.66. The van der Waals surface area contributed by atoms with Crippen molar-refractivity contribution in [2.24, 2.45) is 7.05 Å². The SMILES string of the molecule is Cn1ccc(C(=O)N[C@@H](C(=O)O)c2ccccc2)n1. The molecule has 0 fully saturated rings. The smallest absolute Gasteiger partial charge is 0.330 e. The van der Waals surface area contributed by atoms with Crippen LogP contribution < -0.4 is 5.32 Å². The molecule has 0 saturated carbocycles. The molecular weight excluding hydrogens is 246 g/mol. The summed E-state index contributed by atoms with van der Waals surface area (Å²) in [6.45, 7) is 0. The van der Waals surface area contributed by atoms with Crippen molar-refractivity contribution in [1.82, 2.24) is 15.1 Å². The number of hydrogen-bond donors (Lipinski definition) is 2. The molecule has 1 aromatic heterocycles. The van der Waals surface area contributed by atoms with Crippen LogP contribution in [0.1, 0.15) is 22.1 Å². The van der Waals surface area contributed by atoms with Gasteiger partial charge in [0, 0.05) is 13.2 Å². The third kappa shape index (κ3) is 2.98. The Morgan fingerprint density at radius 1 is 1.26 bits per heavy atom. The number of carbonyl (C=O) groups is 2. The van der Waals surface area contributed by atoms with E-state index in [-0.39, 0.29) is 5.69 Å². The minimum atomic E-state index is -1.12. The number of carboxylic acid groups (broad SMARTS) is 1. The number of hydrogen-bond acceptors (Lipinski definition) is 3. The Bertz CT molecular complexity index is 592. The first-order chi connectivity index (χ1) is 9.08. The highest BCUT2D eigenvalue weighted by atomic mass is 16.4. The lowest BCUT2D eigenvalue weighted by atomic mass is 10.1. The van der Waals surface area contributed by atoms with E-state index < -0.39 is 17.9 Å². The zero-order valence-electron chi connectivity index (χ0n) is 10.3. The molecule has 1 heterocycles. The quantitative estimate of drug-likeness (QED) is 0.857. The van der Waals surface area contributed by atoms with Crippen molar-refractivity contribution in [3.8, 4) is 0 Å². The molecule has 2 rings (SSSR count). The van der Waals surface area contributed by atoms with E-state index in [0.29, 0.717) is 5.56 Å². The van der Waals surface area contributed by atoms with Crippen LogP contribution in [0.2, 0.25) is 0 Å². The average Bonchev–Trinajstić information content (AvgIpc) is 2.83. The third-order valence-electron chi connectivity index (χ3n) is 2.60. The van der Waals surface area contributed by atoms with E-state index in [2.05, 4.69) is 10.4 Å². The number of carbonyl (C=O) groups excluding carboxylic acids is 1. The fourth-order valence-corrected chi connectivity index (χ4v) is 1.67. The van der Waals surface area contributed by atoms with Gasteiger partial charge < -0.3 is 10.4 Å². The van der Waals surface area contributed by atoms with Crippen LogP contribution in [0, 0.1) is 0 Å². The minimum Gasteiger partial charge on any atom is -0.479 e. The van der Waals surface area contributed by atoms with Crippen LogP contribution in [-0.2, 0) is 11.8 Å². The number of nitrogens with zero attached hydrogens (tertiary/aromatic N) is 2. The Labute approximate surface area is 109 Å². The Hall–Kier alpha value is -2.63. The van der Waals surface area contributed by atoms with Gasteiger partial charge in [-0.15, -0.1) is 0 Å². The van der Waals surface area contributed by atoms with Gasteiger partial charge in [-0.3, -0.25) is 9.48 Å². The van der Waals surface area contributed by atoms with Crippen molar-refractivity contribution >= 4 is 11.9 Å². The Morgan fingerprint density at radius 3 is 2.47 bits per heavy atom. The first-order valence-corrected chi connectivity index (χ1v) is 5.66. The number of amides is 1. The highest BCUT2D eigenvalue weighted by molar-refractivity contribution is 5.95. The van der Waals surface area contributed by atoms with E-state index in [4.69, 9.17) is 0 Å². The van der Waals surface area contributed by atoms with Gasteiger partial charge in [0.1, 0.15) is 5.69 Å². The lowest BCUT2D eigenvalue weighted by Gasteiger charge is -2.13. The molecule has 6 heteroatoms. The lowest BCUT2D eigenvalue weighted by molar-refractivity contribution is -0.139. The zero-order valence-corrected chi connectivity index (χ0v) is 10.3. The highest BCUT2D eigenvalue weighted by Crippen LogP contribution is 2.13. The summed E-state index contributed by atoms with van der Waals surface area (Å²) in [5.41, 5.74) is 0.698. The summed E-state index contributed by atoms with van der Waals surface area (Å²) in [4.78, 5) is 23.1. The van der Waals surface area contributed by atoms with E-state index >= 15 is 0 Å². The average molecular weight is 259 g/mol. The maximum Gasteiger partial charge on any atom is 0.330 e. The number of aromatic nitrogens is 2. The molecule has 6 nitrogen and oxygen atoms in total. The maximum absolute atomic E-state index is 11.9. The Morgan fingerprint density at radius 2 is 1.95 bits per heavy atom. The summed E-state index contributed by atoms with van der Waals surface area (Å²) in [5.74, 6) is -1.63. The molecule has 98 valence electrons. The first kappa shape index (κ1) is 12.8. The van der Waals surface area contributed by atoms with Gasteiger partial charge in [-0.05, 0) is 11.6 Å². The van der Waals surface area contributed by atoms with Crippen LogP contribution in [0.5, 0.6) is 0 Å². The fraction of sp³-hybridized carbons (Fsp3) is 0.154. The molecule has 0 unspecified atom stereocenters. The molecule has 0 aliphatic carbocycles. The Balaban J connectivity index is 2.18. The third-order valence-corrected chi connectivity index (χ3v) is 2.60. The van der Waals surface area contributed by atoms with Gasteiger partial charge >= 0.3 is 5.97 Å². The molecule has 1 amide bonds. The predicted octanol–water partition coefficient (Wildman–Crippen LogP) is 0.976. The van der Waals surface area contributed by atoms with Crippen LogP contribution >= 0.6 is 0 Å². The summed E-state index contributed by atoms with van der Waals surface area (Å²) < 4.78 is 1.48. The second-order valence-corrected chi connectivity index (χ2v) is 4.03. The molecule has 1 aromatic carbocycles. The van der Waals surface area contributed by atoms with Crippen LogP contribution in [0.15, 0.2) is 42.6 Å². The van der Waals surface area contributed by atoms with Gasteiger partial charge in [0.2, 0.25) is 0 Å². The number of nitrogens with one attached hydrogen (secondary N) is 1. The second kappa shape index (κ2) is 5.34. The summed E-state index contributed by atoms with van der Waals surface area (Å²) in [5, 5.41) is 15.6. The molecule has 2 aromatic rings. The van der Waals surface area contributed by atoms with Gasteiger partial charge in [-0.1, -0.05) is 30.3 Å². The molecule has 2 N–H and O–H groups in total. The molecule has 0 saturated heterocycles.